The fourth-order valence-corrected chi connectivity index (χ4v) is 2.15. The molecule has 0 N–H and O–H groups in total. The molecule has 3 heterocycles. The SMILES string of the molecule is Clc1cn2cc(N3CCOCC3)ccc2n1. The summed E-state index contributed by atoms with van der Waals surface area (Å²) >= 11 is 5.86. The van der Waals surface area contributed by atoms with Gasteiger partial charge in [-0.2, -0.15) is 0 Å². The normalized spacial score (nSPS) is 16.9. The first-order valence-electron chi connectivity index (χ1n) is 5.30. The summed E-state index contributed by atoms with van der Waals surface area (Å²) in [7, 11) is 0. The van der Waals surface area contributed by atoms with Crippen LogP contribution in [-0.2, 0) is 4.74 Å². The van der Waals surface area contributed by atoms with E-state index in [-0.39, 0.29) is 0 Å². The highest BCUT2D eigenvalue weighted by molar-refractivity contribution is 6.29. The molecule has 0 aliphatic carbocycles. The van der Waals surface area contributed by atoms with Gasteiger partial charge in [-0.05, 0) is 12.1 Å². The lowest BCUT2D eigenvalue weighted by Gasteiger charge is -2.28. The van der Waals surface area contributed by atoms with E-state index in [9.17, 15) is 0 Å². The summed E-state index contributed by atoms with van der Waals surface area (Å²) in [5, 5.41) is 0.527. The van der Waals surface area contributed by atoms with E-state index in [1.807, 2.05) is 16.7 Å². The average Bonchev–Trinajstić information content (AvgIpc) is 2.69. The quantitative estimate of drug-likeness (QED) is 0.758. The Labute approximate surface area is 98.4 Å². The zero-order valence-electron chi connectivity index (χ0n) is 8.77. The van der Waals surface area contributed by atoms with Gasteiger partial charge in [0.2, 0.25) is 0 Å². The summed E-state index contributed by atoms with van der Waals surface area (Å²) in [6.07, 6.45) is 3.88. The van der Waals surface area contributed by atoms with Crippen molar-refractivity contribution in [3.8, 4) is 0 Å². The van der Waals surface area contributed by atoms with Gasteiger partial charge in [0.1, 0.15) is 10.8 Å². The van der Waals surface area contributed by atoms with Crippen molar-refractivity contribution < 1.29 is 4.74 Å². The third-order valence-electron chi connectivity index (χ3n) is 2.78. The molecule has 16 heavy (non-hydrogen) atoms. The number of aromatic nitrogens is 2. The number of fused-ring (bicyclic) bond motifs is 1. The van der Waals surface area contributed by atoms with Gasteiger partial charge >= 0.3 is 0 Å². The fourth-order valence-electron chi connectivity index (χ4n) is 1.96. The molecule has 0 bridgehead atoms. The number of imidazole rings is 1. The van der Waals surface area contributed by atoms with Crippen LogP contribution in [0, 0.1) is 0 Å². The molecule has 84 valence electrons. The molecule has 1 aliphatic heterocycles. The van der Waals surface area contributed by atoms with Crippen molar-refractivity contribution in [3.05, 3.63) is 29.7 Å². The van der Waals surface area contributed by atoms with Gasteiger partial charge in [0.15, 0.2) is 0 Å². The largest absolute Gasteiger partial charge is 0.378 e. The first-order chi connectivity index (χ1) is 7.83. The molecule has 1 saturated heterocycles. The van der Waals surface area contributed by atoms with Crippen molar-refractivity contribution >= 4 is 22.9 Å². The number of halogens is 1. The molecule has 0 saturated carbocycles. The lowest BCUT2D eigenvalue weighted by atomic mass is 10.3. The highest BCUT2D eigenvalue weighted by Crippen LogP contribution is 2.18. The lowest BCUT2D eigenvalue weighted by molar-refractivity contribution is 0.122. The maximum atomic E-state index is 5.86. The van der Waals surface area contributed by atoms with Gasteiger partial charge < -0.3 is 14.0 Å². The Kier molecular flexibility index (Phi) is 2.46. The Bertz CT molecular complexity index is 505. The number of ether oxygens (including phenoxy) is 1. The first kappa shape index (κ1) is 9.93. The second-order valence-corrected chi connectivity index (χ2v) is 4.20. The van der Waals surface area contributed by atoms with Gasteiger partial charge in [-0.1, -0.05) is 11.6 Å². The Morgan fingerprint density at radius 3 is 2.81 bits per heavy atom. The van der Waals surface area contributed by atoms with Crippen molar-refractivity contribution in [2.75, 3.05) is 31.2 Å². The van der Waals surface area contributed by atoms with Gasteiger partial charge in [0.25, 0.3) is 0 Å². The summed E-state index contributed by atoms with van der Waals surface area (Å²) in [5.41, 5.74) is 2.06. The molecule has 0 aromatic carbocycles. The van der Waals surface area contributed by atoms with Crippen LogP contribution in [0.2, 0.25) is 5.15 Å². The molecule has 5 heteroatoms. The second kappa shape index (κ2) is 3.96. The van der Waals surface area contributed by atoms with Crippen molar-refractivity contribution in [2.45, 2.75) is 0 Å². The Balaban J connectivity index is 1.97. The minimum Gasteiger partial charge on any atom is -0.378 e. The van der Waals surface area contributed by atoms with E-state index in [0.29, 0.717) is 5.15 Å². The topological polar surface area (TPSA) is 29.8 Å². The molecule has 0 radical (unpaired) electrons. The number of hydrogen-bond donors (Lipinski definition) is 0. The maximum absolute atomic E-state index is 5.86. The smallest absolute Gasteiger partial charge is 0.148 e. The van der Waals surface area contributed by atoms with Crippen molar-refractivity contribution in [1.29, 1.82) is 0 Å². The Hall–Kier alpha value is -1.26. The first-order valence-corrected chi connectivity index (χ1v) is 5.68. The predicted molar refractivity (Wildman–Crippen MR) is 63.2 cm³/mol. The predicted octanol–water partition coefficient (Wildman–Crippen LogP) is 1.82. The molecule has 1 fully saturated rings. The van der Waals surface area contributed by atoms with Crippen LogP contribution in [0.1, 0.15) is 0 Å². The van der Waals surface area contributed by atoms with Gasteiger partial charge in [-0.3, -0.25) is 0 Å². The number of hydrogen-bond acceptors (Lipinski definition) is 3. The monoisotopic (exact) mass is 237 g/mol. The number of anilines is 1. The third kappa shape index (κ3) is 1.74. The van der Waals surface area contributed by atoms with E-state index in [1.54, 1.807) is 0 Å². The zero-order valence-corrected chi connectivity index (χ0v) is 9.52. The highest BCUT2D eigenvalue weighted by Gasteiger charge is 2.11. The van der Waals surface area contributed by atoms with Crippen molar-refractivity contribution in [2.24, 2.45) is 0 Å². The molecule has 4 nitrogen and oxygen atoms in total. The van der Waals surface area contributed by atoms with Crippen LogP contribution >= 0.6 is 11.6 Å². The zero-order chi connectivity index (χ0) is 11.0. The van der Waals surface area contributed by atoms with E-state index in [4.69, 9.17) is 16.3 Å². The van der Waals surface area contributed by atoms with Crippen LogP contribution in [0.3, 0.4) is 0 Å². The molecule has 0 unspecified atom stereocenters. The standard InChI is InChI=1S/C11H12ClN3O/c12-10-8-15-7-9(1-2-11(15)13-10)14-3-5-16-6-4-14/h1-2,7-8H,3-6H2. The third-order valence-corrected chi connectivity index (χ3v) is 2.96. The number of nitrogens with zero attached hydrogens (tertiary/aromatic N) is 3. The van der Waals surface area contributed by atoms with Crippen LogP contribution in [0.15, 0.2) is 24.5 Å². The summed E-state index contributed by atoms with van der Waals surface area (Å²) < 4.78 is 7.28. The van der Waals surface area contributed by atoms with Gasteiger partial charge in [0.05, 0.1) is 18.9 Å². The molecule has 0 spiro atoms. The maximum Gasteiger partial charge on any atom is 0.148 e. The average molecular weight is 238 g/mol. The van der Waals surface area contributed by atoms with Crippen LogP contribution in [0.5, 0.6) is 0 Å². The van der Waals surface area contributed by atoms with E-state index in [0.717, 1.165) is 32.0 Å². The molecular formula is C11H12ClN3O. The Morgan fingerprint density at radius 2 is 2.00 bits per heavy atom. The van der Waals surface area contributed by atoms with Gasteiger partial charge in [-0.25, -0.2) is 4.98 Å². The van der Waals surface area contributed by atoms with Gasteiger partial charge in [0, 0.05) is 25.5 Å². The van der Waals surface area contributed by atoms with Crippen molar-refractivity contribution in [1.82, 2.24) is 9.38 Å². The molecule has 2 aromatic heterocycles. The number of rotatable bonds is 1. The van der Waals surface area contributed by atoms with Crippen LogP contribution < -0.4 is 4.90 Å². The second-order valence-electron chi connectivity index (χ2n) is 3.82. The van der Waals surface area contributed by atoms with E-state index < -0.39 is 0 Å². The molecule has 2 aromatic rings. The number of morpholine rings is 1. The molecule has 3 rings (SSSR count). The minimum atomic E-state index is 0.527. The van der Waals surface area contributed by atoms with E-state index in [1.165, 1.54) is 5.69 Å². The molecule has 0 atom stereocenters. The van der Waals surface area contributed by atoms with E-state index >= 15 is 0 Å². The molecule has 0 amide bonds. The Morgan fingerprint density at radius 1 is 1.19 bits per heavy atom. The summed E-state index contributed by atoms with van der Waals surface area (Å²) in [4.78, 5) is 6.49. The summed E-state index contributed by atoms with van der Waals surface area (Å²) in [6.45, 7) is 3.47. The van der Waals surface area contributed by atoms with Crippen LogP contribution in [-0.4, -0.2) is 35.7 Å². The lowest BCUT2D eigenvalue weighted by Crippen LogP contribution is -2.36. The fraction of sp³-hybridized carbons (Fsp3) is 0.364. The van der Waals surface area contributed by atoms with Gasteiger partial charge in [-0.15, -0.1) is 0 Å². The van der Waals surface area contributed by atoms with E-state index in [2.05, 4.69) is 22.1 Å². The molecular weight excluding hydrogens is 226 g/mol. The van der Waals surface area contributed by atoms with Crippen molar-refractivity contribution in [3.63, 3.8) is 0 Å². The van der Waals surface area contributed by atoms with Crippen LogP contribution in [0.25, 0.3) is 5.65 Å². The summed E-state index contributed by atoms with van der Waals surface area (Å²) in [5.74, 6) is 0. The summed E-state index contributed by atoms with van der Waals surface area (Å²) in [6, 6.07) is 4.06. The molecule has 1 aliphatic rings. The van der Waals surface area contributed by atoms with Crippen LogP contribution in [0.4, 0.5) is 5.69 Å². The number of pyridine rings is 1. The highest BCUT2D eigenvalue weighted by atomic mass is 35.5. The minimum absolute atomic E-state index is 0.527.